The van der Waals surface area contributed by atoms with Crippen molar-refractivity contribution in [2.24, 2.45) is 57.2 Å². The van der Waals surface area contributed by atoms with E-state index in [1.807, 2.05) is 0 Å². The van der Waals surface area contributed by atoms with E-state index in [1.165, 1.54) is 38.5 Å². The summed E-state index contributed by atoms with van der Waals surface area (Å²) in [5.41, 5.74) is 1.19. The SMILES string of the molecule is CNC(=O)O[C@H](C(C)C)C1C[C@@H](C)C2C(CC3C4CCC5C(C)(C)[C@@H](OC(=O)NC6CNC6)CCC56C[C@@]46CC[C@@]32C)O1. The molecule has 0 radical (unpaired) electrons. The van der Waals surface area contributed by atoms with Crippen LogP contribution in [-0.2, 0) is 14.2 Å². The lowest BCUT2D eigenvalue weighted by Gasteiger charge is -2.59. The smallest absolute Gasteiger partial charge is 0.407 e. The van der Waals surface area contributed by atoms with E-state index in [1.54, 1.807) is 7.05 Å². The maximum atomic E-state index is 12.8. The van der Waals surface area contributed by atoms with Crippen molar-refractivity contribution in [1.29, 1.82) is 0 Å². The van der Waals surface area contributed by atoms with Crippen LogP contribution in [0.5, 0.6) is 0 Å². The molecule has 2 saturated heterocycles. The molecule has 12 atom stereocenters. The van der Waals surface area contributed by atoms with Gasteiger partial charge in [-0.15, -0.1) is 0 Å². The molecule has 0 aromatic heterocycles. The number of fused-ring (bicyclic) bond motifs is 4. The van der Waals surface area contributed by atoms with Gasteiger partial charge in [-0.25, -0.2) is 9.59 Å². The van der Waals surface area contributed by atoms with Crippen molar-refractivity contribution >= 4 is 12.2 Å². The van der Waals surface area contributed by atoms with Crippen molar-refractivity contribution in [2.45, 2.75) is 130 Å². The van der Waals surface area contributed by atoms with Gasteiger partial charge in [-0.05, 0) is 110 Å². The Morgan fingerprint density at radius 2 is 1.72 bits per heavy atom. The fourth-order valence-corrected chi connectivity index (χ4v) is 12.8. The molecule has 8 nitrogen and oxygen atoms in total. The molecule has 2 heterocycles. The minimum absolute atomic E-state index is 0.00613. The lowest BCUT2D eigenvalue weighted by Crippen LogP contribution is -2.59. The standard InChI is InChI=1S/C35H57N3O5/c1-19(2)29(43-30(39)36-7)25-14-20(3)28-24(41-25)15-23-22-8-9-26-32(4,5)27(42-31(40)38-21-16-37-17-21)10-11-35(26)18-34(22,35)13-12-33(23,28)6/h19-29,37H,8-18H2,1-7H3,(H,36,39)(H,38,40)/t20-,22?,23?,24?,25?,26?,27+,28?,29-,33+,34+,35?/m1/s1. The molecule has 2 aliphatic heterocycles. The molecule has 7 rings (SSSR count). The van der Waals surface area contributed by atoms with Gasteiger partial charge >= 0.3 is 12.2 Å². The molecule has 2 amide bonds. The second kappa shape index (κ2) is 10.2. The minimum atomic E-state index is -0.360. The van der Waals surface area contributed by atoms with Gasteiger partial charge in [-0.3, -0.25) is 0 Å². The molecule has 7 aliphatic rings. The number of alkyl carbamates (subject to hydrolysis) is 2. The van der Waals surface area contributed by atoms with Crippen LogP contribution in [0.3, 0.4) is 0 Å². The summed E-state index contributed by atoms with van der Waals surface area (Å²) in [5, 5.41) is 8.92. The Kier molecular flexibility index (Phi) is 7.17. The number of hydrogen-bond acceptors (Lipinski definition) is 6. The second-order valence-corrected chi connectivity index (χ2v) is 17.1. The van der Waals surface area contributed by atoms with Crippen LogP contribution in [0.25, 0.3) is 0 Å². The minimum Gasteiger partial charge on any atom is -0.446 e. The van der Waals surface area contributed by atoms with Gasteiger partial charge in [0, 0.05) is 25.6 Å². The van der Waals surface area contributed by atoms with Crippen molar-refractivity contribution in [3.8, 4) is 0 Å². The first-order valence-corrected chi connectivity index (χ1v) is 17.6. The third kappa shape index (κ3) is 4.34. The topological polar surface area (TPSA) is 97.9 Å². The molecular weight excluding hydrogens is 542 g/mol. The predicted octanol–water partition coefficient (Wildman–Crippen LogP) is 5.89. The van der Waals surface area contributed by atoms with Crippen LogP contribution in [0.2, 0.25) is 0 Å². The molecule has 43 heavy (non-hydrogen) atoms. The average Bonchev–Trinajstić information content (AvgIpc) is 3.49. The van der Waals surface area contributed by atoms with Gasteiger partial charge in [-0.2, -0.15) is 0 Å². The number of carbonyl (C=O) groups is 2. The Labute approximate surface area is 258 Å². The van der Waals surface area contributed by atoms with Crippen LogP contribution >= 0.6 is 0 Å². The van der Waals surface area contributed by atoms with E-state index in [2.05, 4.69) is 57.5 Å². The average molecular weight is 600 g/mol. The van der Waals surface area contributed by atoms with E-state index in [0.717, 1.165) is 38.3 Å². The lowest BCUT2D eigenvalue weighted by molar-refractivity contribution is -0.165. The molecule has 5 aliphatic carbocycles. The zero-order valence-corrected chi connectivity index (χ0v) is 27.7. The summed E-state index contributed by atoms with van der Waals surface area (Å²) in [7, 11) is 1.63. The van der Waals surface area contributed by atoms with Crippen LogP contribution in [-0.4, -0.2) is 62.8 Å². The highest BCUT2D eigenvalue weighted by Gasteiger charge is 2.81. The maximum absolute atomic E-state index is 12.8. The first kappa shape index (κ1) is 30.1. The molecule has 7 unspecified atom stereocenters. The first-order chi connectivity index (χ1) is 20.4. The van der Waals surface area contributed by atoms with Crippen LogP contribution in [0.4, 0.5) is 9.59 Å². The van der Waals surface area contributed by atoms with E-state index < -0.39 is 0 Å². The number of ether oxygens (including phenoxy) is 3. The largest absolute Gasteiger partial charge is 0.446 e. The van der Waals surface area contributed by atoms with Gasteiger partial charge < -0.3 is 30.2 Å². The Morgan fingerprint density at radius 1 is 0.953 bits per heavy atom. The molecule has 242 valence electrons. The van der Waals surface area contributed by atoms with Crippen molar-refractivity contribution in [1.82, 2.24) is 16.0 Å². The maximum Gasteiger partial charge on any atom is 0.407 e. The Hall–Kier alpha value is -1.54. The van der Waals surface area contributed by atoms with E-state index in [-0.39, 0.29) is 54.0 Å². The number of hydrogen-bond donors (Lipinski definition) is 3. The van der Waals surface area contributed by atoms with Gasteiger partial charge in [0.15, 0.2) is 0 Å². The highest BCUT2D eigenvalue weighted by atomic mass is 16.6. The zero-order valence-electron chi connectivity index (χ0n) is 27.7. The van der Waals surface area contributed by atoms with Gasteiger partial charge in [0.25, 0.3) is 0 Å². The third-order valence-electron chi connectivity index (χ3n) is 14.7. The molecule has 5 saturated carbocycles. The van der Waals surface area contributed by atoms with Crippen molar-refractivity contribution in [3.05, 3.63) is 0 Å². The monoisotopic (exact) mass is 599 g/mol. The highest BCUT2D eigenvalue weighted by Crippen LogP contribution is 2.87. The van der Waals surface area contributed by atoms with Crippen LogP contribution in [0, 0.1) is 57.2 Å². The Morgan fingerprint density at radius 3 is 2.40 bits per heavy atom. The fourth-order valence-electron chi connectivity index (χ4n) is 12.8. The van der Waals surface area contributed by atoms with E-state index in [9.17, 15) is 9.59 Å². The molecule has 0 bridgehead atoms. The molecule has 8 heteroatoms. The summed E-state index contributed by atoms with van der Waals surface area (Å²) >= 11 is 0. The second-order valence-electron chi connectivity index (χ2n) is 17.1. The van der Waals surface area contributed by atoms with Gasteiger partial charge in [-0.1, -0.05) is 41.5 Å². The number of amides is 2. The van der Waals surface area contributed by atoms with E-state index >= 15 is 0 Å². The van der Waals surface area contributed by atoms with Crippen molar-refractivity contribution in [2.75, 3.05) is 20.1 Å². The summed E-state index contributed by atoms with van der Waals surface area (Å²) in [5.74, 6) is 3.44. The third-order valence-corrected chi connectivity index (χ3v) is 14.7. The quantitative estimate of drug-likeness (QED) is 0.365. The normalized spacial score (nSPS) is 48.3. The van der Waals surface area contributed by atoms with Gasteiger partial charge in [0.1, 0.15) is 12.2 Å². The summed E-state index contributed by atoms with van der Waals surface area (Å²) in [4.78, 5) is 25.0. The van der Waals surface area contributed by atoms with Crippen molar-refractivity contribution in [3.63, 3.8) is 0 Å². The first-order valence-electron chi connectivity index (χ1n) is 17.6. The summed E-state index contributed by atoms with van der Waals surface area (Å²) in [6.07, 6.45) is 10.3. The van der Waals surface area contributed by atoms with E-state index in [0.29, 0.717) is 39.9 Å². The lowest BCUT2D eigenvalue weighted by atomic mass is 9.46. The summed E-state index contributed by atoms with van der Waals surface area (Å²) in [6, 6.07) is 0.209. The van der Waals surface area contributed by atoms with Gasteiger partial charge in [0.05, 0.1) is 18.2 Å². The van der Waals surface area contributed by atoms with Crippen LogP contribution in [0.15, 0.2) is 0 Å². The highest BCUT2D eigenvalue weighted by molar-refractivity contribution is 5.68. The number of nitrogens with one attached hydrogen (secondary N) is 3. The summed E-state index contributed by atoms with van der Waals surface area (Å²) in [6.45, 7) is 15.8. The molecular formula is C35H57N3O5. The van der Waals surface area contributed by atoms with Crippen LogP contribution in [0.1, 0.15) is 99.3 Å². The molecule has 7 fully saturated rings. The molecule has 2 spiro atoms. The fraction of sp³-hybridized carbons (Fsp3) is 0.943. The molecule has 0 aromatic carbocycles. The summed E-state index contributed by atoms with van der Waals surface area (Å²) < 4.78 is 19.0. The zero-order chi connectivity index (χ0) is 30.5. The predicted molar refractivity (Wildman–Crippen MR) is 164 cm³/mol. The van der Waals surface area contributed by atoms with Crippen molar-refractivity contribution < 1.29 is 23.8 Å². The number of rotatable bonds is 5. The van der Waals surface area contributed by atoms with Crippen LogP contribution < -0.4 is 16.0 Å². The van der Waals surface area contributed by atoms with E-state index in [4.69, 9.17) is 14.2 Å². The Bertz CT molecular complexity index is 1120. The molecule has 3 N–H and O–H groups in total. The Balaban J connectivity index is 1.08. The van der Waals surface area contributed by atoms with Gasteiger partial charge in [0.2, 0.25) is 0 Å². The number of carbonyl (C=O) groups excluding carboxylic acids is 2. The molecule has 0 aromatic rings.